The average molecular weight is 404 g/mol. The molecule has 102 valence electrons. The number of para-hydroxylation sites is 2. The smallest absolute Gasteiger partial charge is 0.267 e. The van der Waals surface area contributed by atoms with Crippen molar-refractivity contribution in [3.05, 3.63) is 72.6 Å². The molecule has 0 bridgehead atoms. The van der Waals surface area contributed by atoms with Gasteiger partial charge in [-0.2, -0.15) is 0 Å². The van der Waals surface area contributed by atoms with Crippen LogP contribution >= 0.6 is 33.9 Å². The van der Waals surface area contributed by atoms with E-state index in [1.54, 1.807) is 4.40 Å². The van der Waals surface area contributed by atoms with Crippen molar-refractivity contribution >= 4 is 56.0 Å². The van der Waals surface area contributed by atoms with Gasteiger partial charge in [0.1, 0.15) is 0 Å². The van der Waals surface area contributed by atoms with Gasteiger partial charge in [-0.25, -0.2) is 9.38 Å². The fraction of sp³-hybridized carbons (Fsp3) is 0. The van der Waals surface area contributed by atoms with E-state index in [4.69, 9.17) is 0 Å². The van der Waals surface area contributed by atoms with Gasteiger partial charge in [0, 0.05) is 3.57 Å². The molecule has 2 heterocycles. The fourth-order valence-electron chi connectivity index (χ4n) is 2.35. The second-order valence-corrected chi connectivity index (χ2v) is 6.83. The first-order valence-corrected chi connectivity index (χ1v) is 8.30. The van der Waals surface area contributed by atoms with E-state index in [0.717, 1.165) is 25.1 Å². The third-order valence-corrected chi connectivity index (χ3v) is 5.29. The maximum absolute atomic E-state index is 12.6. The topological polar surface area (TPSA) is 34.4 Å². The van der Waals surface area contributed by atoms with E-state index in [9.17, 15) is 4.79 Å². The Morgan fingerprint density at radius 2 is 1.86 bits per heavy atom. The number of benzene rings is 2. The van der Waals surface area contributed by atoms with Crippen LogP contribution in [-0.2, 0) is 0 Å². The Balaban J connectivity index is 2.06. The van der Waals surface area contributed by atoms with Crippen LogP contribution < -0.4 is 10.1 Å². The molecule has 0 N–H and O–H groups in total. The summed E-state index contributed by atoms with van der Waals surface area (Å²) in [5, 5.41) is 0. The largest absolute Gasteiger partial charge is 0.274 e. The van der Waals surface area contributed by atoms with Crippen molar-refractivity contribution < 1.29 is 0 Å². The molecule has 2 aromatic carbocycles. The molecule has 0 unspecified atom stereocenters. The lowest BCUT2D eigenvalue weighted by Gasteiger charge is -1.94. The van der Waals surface area contributed by atoms with E-state index in [1.165, 1.54) is 11.3 Å². The summed E-state index contributed by atoms with van der Waals surface area (Å²) < 4.78 is 3.54. The molecule has 4 rings (SSSR count). The number of imidazole rings is 1. The molecule has 4 aromatic rings. The highest BCUT2D eigenvalue weighted by Gasteiger charge is 2.10. The third kappa shape index (κ3) is 2.08. The molecular formula is C16H9IN2OS. The van der Waals surface area contributed by atoms with Crippen LogP contribution in [-0.4, -0.2) is 9.38 Å². The summed E-state index contributed by atoms with van der Waals surface area (Å²) in [6, 6.07) is 15.7. The van der Waals surface area contributed by atoms with Crippen LogP contribution in [0.3, 0.4) is 0 Å². The van der Waals surface area contributed by atoms with Crippen molar-refractivity contribution in [2.45, 2.75) is 0 Å². The van der Waals surface area contributed by atoms with Crippen molar-refractivity contribution in [2.24, 2.45) is 0 Å². The maximum Gasteiger partial charge on any atom is 0.274 e. The Morgan fingerprint density at radius 1 is 1.10 bits per heavy atom. The molecule has 0 aliphatic heterocycles. The SMILES string of the molecule is O=c1c(=Cc2ccccc2I)sc2nc3ccccc3n12. The summed E-state index contributed by atoms with van der Waals surface area (Å²) in [4.78, 5) is 17.9. The monoisotopic (exact) mass is 404 g/mol. The van der Waals surface area contributed by atoms with Crippen molar-refractivity contribution in [2.75, 3.05) is 0 Å². The number of halogens is 1. The van der Waals surface area contributed by atoms with Crippen LogP contribution in [0.5, 0.6) is 0 Å². The molecule has 0 saturated carbocycles. The van der Waals surface area contributed by atoms with Crippen LogP contribution in [0.15, 0.2) is 53.3 Å². The second-order valence-electron chi connectivity index (χ2n) is 4.66. The van der Waals surface area contributed by atoms with Crippen LogP contribution in [0.25, 0.3) is 22.1 Å². The van der Waals surface area contributed by atoms with Gasteiger partial charge in [-0.3, -0.25) is 4.79 Å². The number of hydrogen-bond acceptors (Lipinski definition) is 3. The van der Waals surface area contributed by atoms with Gasteiger partial charge in [0.2, 0.25) is 0 Å². The van der Waals surface area contributed by atoms with Crippen LogP contribution in [0, 0.1) is 3.57 Å². The molecular weight excluding hydrogens is 395 g/mol. The van der Waals surface area contributed by atoms with Crippen LogP contribution in [0.2, 0.25) is 0 Å². The van der Waals surface area contributed by atoms with E-state index >= 15 is 0 Å². The minimum absolute atomic E-state index is 0.00310. The number of thiazole rings is 1. The number of rotatable bonds is 1. The zero-order valence-corrected chi connectivity index (χ0v) is 13.8. The first kappa shape index (κ1) is 13.0. The van der Waals surface area contributed by atoms with E-state index in [-0.39, 0.29) is 5.56 Å². The average Bonchev–Trinajstić information content (AvgIpc) is 2.99. The summed E-state index contributed by atoms with van der Waals surface area (Å²) in [5.41, 5.74) is 2.80. The summed E-state index contributed by atoms with van der Waals surface area (Å²) in [7, 11) is 0. The first-order chi connectivity index (χ1) is 10.2. The molecule has 0 saturated heterocycles. The molecule has 0 aliphatic rings. The lowest BCUT2D eigenvalue weighted by molar-refractivity contribution is 1.19. The highest BCUT2D eigenvalue weighted by Crippen LogP contribution is 2.16. The molecule has 0 amide bonds. The highest BCUT2D eigenvalue weighted by molar-refractivity contribution is 14.1. The zero-order valence-electron chi connectivity index (χ0n) is 10.8. The summed E-state index contributed by atoms with van der Waals surface area (Å²) in [5.74, 6) is 0. The molecule has 0 radical (unpaired) electrons. The Kier molecular flexibility index (Phi) is 3.04. The van der Waals surface area contributed by atoms with E-state index in [2.05, 4.69) is 27.6 Å². The van der Waals surface area contributed by atoms with Crippen molar-refractivity contribution in [1.82, 2.24) is 9.38 Å². The van der Waals surface area contributed by atoms with Crippen molar-refractivity contribution in [3.8, 4) is 0 Å². The van der Waals surface area contributed by atoms with E-state index in [1.807, 2.05) is 54.6 Å². The van der Waals surface area contributed by atoms with Crippen molar-refractivity contribution in [1.29, 1.82) is 0 Å². The Bertz CT molecular complexity index is 1080. The van der Waals surface area contributed by atoms with Gasteiger partial charge >= 0.3 is 0 Å². The predicted molar refractivity (Wildman–Crippen MR) is 94.8 cm³/mol. The molecule has 2 aromatic heterocycles. The number of nitrogens with zero attached hydrogens (tertiary/aromatic N) is 2. The molecule has 0 aliphatic carbocycles. The molecule has 0 fully saturated rings. The molecule has 0 spiro atoms. The van der Waals surface area contributed by atoms with Crippen LogP contribution in [0.4, 0.5) is 0 Å². The van der Waals surface area contributed by atoms with Gasteiger partial charge < -0.3 is 0 Å². The molecule has 0 atom stereocenters. The van der Waals surface area contributed by atoms with Crippen LogP contribution in [0.1, 0.15) is 5.56 Å². The van der Waals surface area contributed by atoms with Gasteiger partial charge in [0.15, 0.2) is 4.96 Å². The highest BCUT2D eigenvalue weighted by atomic mass is 127. The lowest BCUT2D eigenvalue weighted by Crippen LogP contribution is -2.22. The Morgan fingerprint density at radius 3 is 2.71 bits per heavy atom. The number of hydrogen-bond donors (Lipinski definition) is 0. The normalized spacial score (nSPS) is 12.5. The molecule has 21 heavy (non-hydrogen) atoms. The van der Waals surface area contributed by atoms with Crippen molar-refractivity contribution in [3.63, 3.8) is 0 Å². The Hall–Kier alpha value is -1.73. The number of fused-ring (bicyclic) bond motifs is 3. The third-order valence-electron chi connectivity index (χ3n) is 3.34. The van der Waals surface area contributed by atoms with E-state index < -0.39 is 0 Å². The lowest BCUT2D eigenvalue weighted by atomic mass is 10.2. The second kappa shape index (κ2) is 4.92. The van der Waals surface area contributed by atoms with Gasteiger partial charge in [0.25, 0.3) is 5.56 Å². The first-order valence-electron chi connectivity index (χ1n) is 6.40. The predicted octanol–water partition coefficient (Wildman–Crippen LogP) is 3.06. The standard InChI is InChI=1S/C16H9IN2OS/c17-11-6-2-1-5-10(11)9-14-15(20)19-13-8-4-3-7-12(13)18-16(19)21-14/h1-9H. The number of aromatic nitrogens is 2. The summed E-state index contributed by atoms with van der Waals surface area (Å²) >= 11 is 3.71. The van der Waals surface area contributed by atoms with Gasteiger partial charge in [-0.05, 0) is 52.4 Å². The summed E-state index contributed by atoms with van der Waals surface area (Å²) in [6.45, 7) is 0. The van der Waals surface area contributed by atoms with E-state index in [0.29, 0.717) is 4.53 Å². The Labute approximate surface area is 137 Å². The molecule has 5 heteroatoms. The van der Waals surface area contributed by atoms with Gasteiger partial charge in [0.05, 0.1) is 15.6 Å². The fourth-order valence-corrected chi connectivity index (χ4v) is 3.87. The zero-order chi connectivity index (χ0) is 14.4. The maximum atomic E-state index is 12.6. The molecule has 3 nitrogen and oxygen atoms in total. The van der Waals surface area contributed by atoms with Gasteiger partial charge in [-0.15, -0.1) is 0 Å². The minimum Gasteiger partial charge on any atom is -0.267 e. The van der Waals surface area contributed by atoms with Gasteiger partial charge in [-0.1, -0.05) is 41.7 Å². The quantitative estimate of drug-likeness (QED) is 0.457. The minimum atomic E-state index is 0.00310. The summed E-state index contributed by atoms with van der Waals surface area (Å²) in [6.07, 6.45) is 1.94.